The Morgan fingerprint density at radius 3 is 2.67 bits per heavy atom. The molecule has 11 heteroatoms. The fourth-order valence-electron chi connectivity index (χ4n) is 6.64. The van der Waals surface area contributed by atoms with Crippen molar-refractivity contribution in [2.24, 2.45) is 5.92 Å². The zero-order valence-electron chi connectivity index (χ0n) is 27.2. The van der Waals surface area contributed by atoms with E-state index in [9.17, 15) is 9.59 Å². The molecule has 6 N–H and O–H groups in total. The second kappa shape index (κ2) is 14.1. The summed E-state index contributed by atoms with van der Waals surface area (Å²) < 4.78 is 12.4. The lowest BCUT2D eigenvalue weighted by molar-refractivity contribution is -0.662. The summed E-state index contributed by atoms with van der Waals surface area (Å²) in [5, 5.41) is 9.21. The van der Waals surface area contributed by atoms with E-state index in [1.165, 1.54) is 0 Å². The normalized spacial score (nSPS) is 18.7. The number of benzene rings is 2. The van der Waals surface area contributed by atoms with Gasteiger partial charge in [-0.05, 0) is 63.3 Å². The number of piperidine rings is 1. The van der Waals surface area contributed by atoms with Crippen molar-refractivity contribution >= 4 is 17.5 Å². The van der Waals surface area contributed by atoms with Gasteiger partial charge in [0.15, 0.2) is 5.60 Å². The van der Waals surface area contributed by atoms with Crippen molar-refractivity contribution < 1.29 is 30.1 Å². The molecule has 0 radical (unpaired) electrons. The molecule has 0 unspecified atom stereocenters. The number of piperazine rings is 1. The van der Waals surface area contributed by atoms with Crippen LogP contribution in [0.4, 0.5) is 5.69 Å². The van der Waals surface area contributed by atoms with Crippen molar-refractivity contribution in [3.8, 4) is 22.6 Å². The summed E-state index contributed by atoms with van der Waals surface area (Å²) in [4.78, 5) is 33.7. The van der Waals surface area contributed by atoms with Gasteiger partial charge in [0.1, 0.15) is 24.7 Å². The van der Waals surface area contributed by atoms with Gasteiger partial charge in [-0.2, -0.15) is 5.10 Å². The molecule has 2 amide bonds. The molecule has 2 aliphatic heterocycles. The lowest BCUT2D eigenvalue weighted by Gasteiger charge is -2.37. The first-order valence-electron chi connectivity index (χ1n) is 16.8. The number of H-pyrrole nitrogens is 1. The van der Waals surface area contributed by atoms with E-state index in [0.717, 1.165) is 86.5 Å². The van der Waals surface area contributed by atoms with Gasteiger partial charge in [0.25, 0.3) is 5.91 Å². The van der Waals surface area contributed by atoms with Gasteiger partial charge in [-0.1, -0.05) is 18.2 Å². The minimum Gasteiger partial charge on any atom is -0.487 e. The number of nitrogens with two attached hydrogens (primary N) is 1. The summed E-state index contributed by atoms with van der Waals surface area (Å²) in [5.41, 5.74) is 6.98. The number of quaternary nitrogens is 2. The number of nitrogens with one attached hydrogen (secondary N) is 1. The van der Waals surface area contributed by atoms with E-state index in [-0.39, 0.29) is 23.8 Å². The lowest BCUT2D eigenvalue weighted by atomic mass is 9.95. The molecule has 1 aliphatic carbocycles. The number of anilines is 1. The lowest BCUT2D eigenvalue weighted by Crippen LogP contribution is -2.90. The quantitative estimate of drug-likeness (QED) is 0.279. The number of carbonyl (C=O) groups is 2. The van der Waals surface area contributed by atoms with Crippen LogP contribution in [-0.2, 0) is 16.1 Å². The van der Waals surface area contributed by atoms with Crippen LogP contribution in [-0.4, -0.2) is 95.9 Å². The Morgan fingerprint density at radius 2 is 1.93 bits per heavy atom. The fourth-order valence-corrected chi connectivity index (χ4v) is 6.64. The Bertz CT molecular complexity index is 1480. The van der Waals surface area contributed by atoms with Crippen molar-refractivity contribution in [2.75, 3.05) is 57.3 Å². The van der Waals surface area contributed by atoms with E-state index in [0.29, 0.717) is 32.0 Å². The first-order valence-corrected chi connectivity index (χ1v) is 16.8. The number of nitrogens with zero attached hydrogens (tertiary/aromatic N) is 4. The van der Waals surface area contributed by atoms with Crippen molar-refractivity contribution in [2.45, 2.75) is 57.7 Å². The van der Waals surface area contributed by atoms with Gasteiger partial charge < -0.3 is 35.2 Å². The SMILES string of the molecule is CC(C)(Oc1cccc(N2CCC[C@@H](C(=O)N(Cc3ccc(-c4cn[nH]c4)c(OCC[NH3+])c3)C3CC3)C2)c1)C(=O)N1CC[NH2+]CC1. The topological polar surface area (TPSA) is 135 Å². The maximum atomic E-state index is 14.1. The number of ether oxygens (including phenoxy) is 2. The Morgan fingerprint density at radius 1 is 1.11 bits per heavy atom. The van der Waals surface area contributed by atoms with E-state index in [2.05, 4.69) is 55.3 Å². The number of hydrogen-bond donors (Lipinski definition) is 3. The number of amides is 2. The Balaban J connectivity index is 1.13. The first-order chi connectivity index (χ1) is 22.3. The molecular formula is C35H49N7O4+2. The van der Waals surface area contributed by atoms with Crippen molar-refractivity contribution in [1.82, 2.24) is 20.0 Å². The monoisotopic (exact) mass is 631 g/mol. The van der Waals surface area contributed by atoms with Gasteiger partial charge in [-0.25, -0.2) is 0 Å². The van der Waals surface area contributed by atoms with Crippen LogP contribution in [0.1, 0.15) is 45.1 Å². The molecule has 0 bridgehead atoms. The minimum absolute atomic E-state index is 0.0203. The van der Waals surface area contributed by atoms with E-state index >= 15 is 0 Å². The highest BCUT2D eigenvalue weighted by atomic mass is 16.5. The van der Waals surface area contributed by atoms with E-state index < -0.39 is 5.60 Å². The molecule has 2 aromatic carbocycles. The zero-order valence-corrected chi connectivity index (χ0v) is 27.2. The zero-order chi connectivity index (χ0) is 32.1. The molecule has 2 saturated heterocycles. The van der Waals surface area contributed by atoms with Crippen LogP contribution >= 0.6 is 0 Å². The maximum absolute atomic E-state index is 14.1. The smallest absolute Gasteiger partial charge is 0.266 e. The van der Waals surface area contributed by atoms with Gasteiger partial charge >= 0.3 is 0 Å². The van der Waals surface area contributed by atoms with Crippen LogP contribution in [0.15, 0.2) is 54.9 Å². The van der Waals surface area contributed by atoms with Crippen LogP contribution in [0.2, 0.25) is 0 Å². The number of carbonyl (C=O) groups excluding carboxylic acids is 2. The third-order valence-electron chi connectivity index (χ3n) is 9.22. The highest BCUT2D eigenvalue weighted by Gasteiger charge is 2.38. The maximum Gasteiger partial charge on any atom is 0.266 e. The Labute approximate surface area is 271 Å². The van der Waals surface area contributed by atoms with Gasteiger partial charge in [-0.15, -0.1) is 0 Å². The van der Waals surface area contributed by atoms with Crippen LogP contribution in [0.5, 0.6) is 11.5 Å². The molecule has 11 nitrogen and oxygen atoms in total. The van der Waals surface area contributed by atoms with Gasteiger partial charge in [0.2, 0.25) is 5.91 Å². The van der Waals surface area contributed by atoms with Crippen LogP contribution in [0.25, 0.3) is 11.1 Å². The summed E-state index contributed by atoms with van der Waals surface area (Å²) in [6.45, 7) is 10.3. The fraction of sp³-hybridized carbons (Fsp3) is 0.514. The predicted molar refractivity (Wildman–Crippen MR) is 175 cm³/mol. The number of hydrogen-bond acceptors (Lipinski definition) is 6. The second-order valence-electron chi connectivity index (χ2n) is 13.3. The molecule has 246 valence electrons. The van der Waals surface area contributed by atoms with E-state index in [1.807, 2.05) is 43.1 Å². The number of rotatable bonds is 12. The molecule has 3 aliphatic rings. The molecule has 3 fully saturated rings. The highest BCUT2D eigenvalue weighted by Crippen LogP contribution is 2.36. The number of aromatic nitrogens is 2. The first kappa shape index (κ1) is 31.9. The highest BCUT2D eigenvalue weighted by molar-refractivity contribution is 5.85. The average molecular weight is 632 g/mol. The molecule has 1 aromatic heterocycles. The molecule has 46 heavy (non-hydrogen) atoms. The van der Waals surface area contributed by atoms with Crippen molar-refractivity contribution in [3.63, 3.8) is 0 Å². The van der Waals surface area contributed by atoms with Crippen molar-refractivity contribution in [1.29, 1.82) is 0 Å². The summed E-state index contributed by atoms with van der Waals surface area (Å²) >= 11 is 0. The third kappa shape index (κ3) is 7.47. The third-order valence-corrected chi connectivity index (χ3v) is 9.22. The molecule has 1 saturated carbocycles. The van der Waals surface area contributed by atoms with Gasteiger partial charge in [0, 0.05) is 54.8 Å². The largest absolute Gasteiger partial charge is 0.487 e. The Kier molecular flexibility index (Phi) is 9.79. The van der Waals surface area contributed by atoms with Crippen molar-refractivity contribution in [3.05, 3.63) is 60.4 Å². The van der Waals surface area contributed by atoms with Crippen LogP contribution in [0.3, 0.4) is 0 Å². The molecule has 3 heterocycles. The standard InChI is InChI=1S/C35H47N7O4/c1-35(2,34(44)40-16-13-37-14-17-40)46-30-7-3-6-29(20-30)41-15-4-5-26(24-41)33(43)42(28-9-10-28)23-25-8-11-31(27-21-38-39-22-27)32(19-25)45-18-12-36/h3,6-8,11,19-22,26,28,37H,4-5,9-10,12-18,23-24,36H2,1-2H3,(H,38,39)/p+2/t26-/m1/s1. The summed E-state index contributed by atoms with van der Waals surface area (Å²) in [7, 11) is 0. The van der Waals surface area contributed by atoms with Crippen LogP contribution in [0, 0.1) is 5.92 Å². The summed E-state index contributed by atoms with van der Waals surface area (Å²) in [6, 6.07) is 14.5. The molecule has 0 spiro atoms. The average Bonchev–Trinajstić information content (AvgIpc) is 3.78. The molecule has 1 atom stereocenters. The van der Waals surface area contributed by atoms with Gasteiger partial charge in [0.05, 0.1) is 38.3 Å². The van der Waals surface area contributed by atoms with E-state index in [4.69, 9.17) is 9.47 Å². The molecular weight excluding hydrogens is 582 g/mol. The molecule has 6 rings (SSSR count). The number of aromatic amines is 1. The predicted octanol–water partition coefficient (Wildman–Crippen LogP) is 1.67. The van der Waals surface area contributed by atoms with E-state index in [1.54, 1.807) is 6.20 Å². The summed E-state index contributed by atoms with van der Waals surface area (Å²) in [6.07, 6.45) is 7.56. The summed E-state index contributed by atoms with van der Waals surface area (Å²) in [5.74, 6) is 1.62. The second-order valence-corrected chi connectivity index (χ2v) is 13.3. The van der Waals surface area contributed by atoms with Crippen LogP contribution < -0.4 is 25.4 Å². The molecule has 3 aromatic rings. The minimum atomic E-state index is -0.962. The Hall–Kier alpha value is -4.09. The van der Waals surface area contributed by atoms with Gasteiger partial charge in [-0.3, -0.25) is 14.7 Å².